The van der Waals surface area contributed by atoms with E-state index in [9.17, 15) is 19.2 Å². The highest BCUT2D eigenvalue weighted by molar-refractivity contribution is 6.00. The van der Waals surface area contributed by atoms with Crippen LogP contribution in [0.5, 0.6) is 0 Å². The number of benzene rings is 1. The van der Waals surface area contributed by atoms with E-state index in [4.69, 9.17) is 14.2 Å². The van der Waals surface area contributed by atoms with Crippen molar-refractivity contribution in [2.24, 2.45) is 7.05 Å². The number of aryl methyl sites for hydroxylation is 2. The Balaban J connectivity index is 1.17. The third-order valence-corrected chi connectivity index (χ3v) is 7.10. The number of fused-ring (bicyclic) bond motifs is 1. The minimum absolute atomic E-state index is 0.123. The molecule has 39 heavy (non-hydrogen) atoms. The van der Waals surface area contributed by atoms with Gasteiger partial charge >= 0.3 is 11.8 Å². The van der Waals surface area contributed by atoms with Crippen LogP contribution in [0.15, 0.2) is 23.0 Å². The van der Waals surface area contributed by atoms with E-state index in [1.54, 1.807) is 16.5 Å². The molecule has 0 aliphatic carbocycles. The molecule has 2 saturated heterocycles. The molecule has 1 aromatic carbocycles. The summed E-state index contributed by atoms with van der Waals surface area (Å²) in [6.07, 6.45) is 3.58. The van der Waals surface area contributed by atoms with Crippen molar-refractivity contribution in [2.45, 2.75) is 77.0 Å². The third-order valence-electron chi connectivity index (χ3n) is 7.10. The van der Waals surface area contributed by atoms with E-state index >= 15 is 0 Å². The first kappa shape index (κ1) is 28.8. The van der Waals surface area contributed by atoms with E-state index in [2.05, 4.69) is 5.32 Å². The molecule has 11 heteroatoms. The van der Waals surface area contributed by atoms with E-state index in [0.29, 0.717) is 44.8 Å². The van der Waals surface area contributed by atoms with Crippen LogP contribution in [0.1, 0.15) is 64.5 Å². The second kappa shape index (κ2) is 12.3. The number of piperidine rings is 2. The van der Waals surface area contributed by atoms with Gasteiger partial charge in [-0.3, -0.25) is 24.0 Å². The zero-order valence-corrected chi connectivity index (χ0v) is 23.4. The summed E-state index contributed by atoms with van der Waals surface area (Å²) in [4.78, 5) is 50.7. The van der Waals surface area contributed by atoms with Crippen molar-refractivity contribution >= 4 is 28.9 Å². The summed E-state index contributed by atoms with van der Waals surface area (Å²) in [7, 11) is 1.70. The number of ether oxygens (including phenoxy) is 3. The fourth-order valence-electron chi connectivity index (χ4n) is 5.08. The predicted molar refractivity (Wildman–Crippen MR) is 145 cm³/mol. The van der Waals surface area contributed by atoms with Crippen molar-refractivity contribution in [1.82, 2.24) is 19.4 Å². The number of hydrogen-bond donors (Lipinski definition) is 1. The minimum Gasteiger partial charge on any atom is -0.444 e. The van der Waals surface area contributed by atoms with E-state index in [1.165, 1.54) is 4.57 Å². The molecule has 0 bridgehead atoms. The van der Waals surface area contributed by atoms with Crippen LogP contribution in [0.4, 0.5) is 4.79 Å². The first-order valence-electron chi connectivity index (χ1n) is 13.7. The molecular formula is C28H40N4O7. The molecule has 11 nitrogen and oxygen atoms in total. The van der Waals surface area contributed by atoms with E-state index in [0.717, 1.165) is 36.8 Å². The molecule has 0 saturated carbocycles. The van der Waals surface area contributed by atoms with Gasteiger partial charge < -0.3 is 19.1 Å². The van der Waals surface area contributed by atoms with Gasteiger partial charge in [0.05, 0.1) is 30.4 Å². The zero-order valence-electron chi connectivity index (χ0n) is 23.4. The summed E-state index contributed by atoms with van der Waals surface area (Å²) < 4.78 is 20.2. The Morgan fingerprint density at radius 3 is 2.46 bits per heavy atom. The second-order valence-corrected chi connectivity index (χ2v) is 11.3. The van der Waals surface area contributed by atoms with E-state index in [1.807, 2.05) is 39.0 Å². The maximum atomic E-state index is 12.9. The Morgan fingerprint density at radius 1 is 1.03 bits per heavy atom. The van der Waals surface area contributed by atoms with Gasteiger partial charge in [0.25, 0.3) is 0 Å². The smallest absolute Gasteiger partial charge is 0.410 e. The first-order chi connectivity index (χ1) is 18.5. The highest BCUT2D eigenvalue weighted by atomic mass is 16.6. The van der Waals surface area contributed by atoms with Crippen molar-refractivity contribution in [3.8, 4) is 0 Å². The molecule has 2 aliphatic rings. The Morgan fingerprint density at radius 2 is 1.77 bits per heavy atom. The number of imide groups is 1. The molecule has 1 N–H and O–H groups in total. The molecule has 0 radical (unpaired) electrons. The number of imidazole rings is 1. The summed E-state index contributed by atoms with van der Waals surface area (Å²) in [5.41, 5.74) is 1.77. The Labute approximate surface area is 228 Å². The molecular weight excluding hydrogens is 504 g/mol. The van der Waals surface area contributed by atoms with Crippen molar-refractivity contribution < 1.29 is 28.6 Å². The number of carbonyl (C=O) groups excluding carboxylic acids is 3. The Hall–Kier alpha value is -3.18. The van der Waals surface area contributed by atoms with Crippen LogP contribution in [0.2, 0.25) is 0 Å². The maximum absolute atomic E-state index is 12.9. The Bertz CT molecular complexity index is 1250. The molecule has 1 aromatic heterocycles. The molecule has 0 spiro atoms. The number of nitrogens with zero attached hydrogens (tertiary/aromatic N) is 3. The van der Waals surface area contributed by atoms with Crippen LogP contribution in [-0.2, 0) is 37.3 Å². The molecule has 3 amide bonds. The fraction of sp³-hybridized carbons (Fsp3) is 0.643. The van der Waals surface area contributed by atoms with E-state index in [-0.39, 0.29) is 30.2 Å². The standard InChI is InChI=1S/C28H40N4O7/c1-28(2,3)39-27(36)31-13-11-20(12-14-31)38-17-16-37-15-5-6-19-7-8-21-23(18-19)30(4)26(35)32(21)22-9-10-24(33)29-25(22)34/h7-8,18,20,22H,5-6,9-17H2,1-4H3,(H,29,33,34). The molecule has 2 aromatic rings. The summed E-state index contributed by atoms with van der Waals surface area (Å²) in [6, 6.07) is 5.14. The lowest BCUT2D eigenvalue weighted by atomic mass is 10.1. The van der Waals surface area contributed by atoms with Crippen LogP contribution in [0.25, 0.3) is 11.0 Å². The van der Waals surface area contributed by atoms with Crippen LogP contribution in [-0.4, -0.2) is 76.6 Å². The molecule has 1 unspecified atom stereocenters. The van der Waals surface area contributed by atoms with Crippen molar-refractivity contribution in [3.63, 3.8) is 0 Å². The summed E-state index contributed by atoms with van der Waals surface area (Å²) in [5, 5.41) is 2.33. The van der Waals surface area contributed by atoms with Crippen molar-refractivity contribution in [2.75, 3.05) is 32.9 Å². The van der Waals surface area contributed by atoms with Gasteiger partial charge in [0.2, 0.25) is 11.8 Å². The number of hydrogen-bond acceptors (Lipinski definition) is 7. The molecule has 3 heterocycles. The molecule has 2 aliphatic heterocycles. The van der Waals surface area contributed by atoms with Crippen molar-refractivity contribution in [3.05, 3.63) is 34.2 Å². The van der Waals surface area contributed by atoms with Crippen LogP contribution in [0, 0.1) is 0 Å². The normalized spacial score (nSPS) is 19.0. The van der Waals surface area contributed by atoms with Gasteiger partial charge in [0, 0.05) is 33.2 Å². The van der Waals surface area contributed by atoms with Gasteiger partial charge in [-0.1, -0.05) is 6.07 Å². The lowest BCUT2D eigenvalue weighted by Gasteiger charge is -2.33. The quantitative estimate of drug-likeness (QED) is 0.381. The number of aromatic nitrogens is 2. The molecule has 1 atom stereocenters. The lowest BCUT2D eigenvalue weighted by Crippen LogP contribution is -2.44. The summed E-state index contributed by atoms with van der Waals surface area (Å²) in [6.45, 7) is 8.48. The summed E-state index contributed by atoms with van der Waals surface area (Å²) >= 11 is 0. The Kier molecular flexibility index (Phi) is 9.12. The monoisotopic (exact) mass is 544 g/mol. The second-order valence-electron chi connectivity index (χ2n) is 11.3. The number of nitrogens with one attached hydrogen (secondary N) is 1. The van der Waals surface area contributed by atoms with E-state index < -0.39 is 17.6 Å². The van der Waals surface area contributed by atoms with Gasteiger partial charge in [0.1, 0.15) is 11.6 Å². The highest BCUT2D eigenvalue weighted by Crippen LogP contribution is 2.24. The number of likely N-dealkylation sites (tertiary alicyclic amines) is 1. The van der Waals surface area contributed by atoms with Gasteiger partial charge in [-0.15, -0.1) is 0 Å². The maximum Gasteiger partial charge on any atom is 0.410 e. The lowest BCUT2D eigenvalue weighted by molar-refractivity contribution is -0.135. The topological polar surface area (TPSA) is 121 Å². The number of carbonyl (C=O) groups is 3. The number of rotatable bonds is 9. The molecule has 2 fully saturated rings. The highest BCUT2D eigenvalue weighted by Gasteiger charge is 2.31. The third kappa shape index (κ3) is 7.27. The molecule has 4 rings (SSSR count). The minimum atomic E-state index is -0.683. The first-order valence-corrected chi connectivity index (χ1v) is 13.7. The van der Waals surface area contributed by atoms with Crippen LogP contribution < -0.4 is 11.0 Å². The SMILES string of the molecule is Cn1c(=O)n(C2CCC(=O)NC2=O)c2ccc(CCCOCCOC3CCN(C(=O)OC(C)(C)C)CC3)cc21. The molecule has 214 valence electrons. The van der Waals surface area contributed by atoms with Crippen LogP contribution in [0.3, 0.4) is 0 Å². The largest absolute Gasteiger partial charge is 0.444 e. The van der Waals surface area contributed by atoms with Gasteiger partial charge in [0.15, 0.2) is 0 Å². The van der Waals surface area contributed by atoms with Crippen LogP contribution >= 0.6 is 0 Å². The van der Waals surface area contributed by atoms with Gasteiger partial charge in [-0.25, -0.2) is 9.59 Å². The van der Waals surface area contributed by atoms with Gasteiger partial charge in [-0.2, -0.15) is 0 Å². The average Bonchev–Trinajstić information content (AvgIpc) is 3.12. The average molecular weight is 545 g/mol. The predicted octanol–water partition coefficient (Wildman–Crippen LogP) is 2.68. The zero-order chi connectivity index (χ0) is 28.2. The van der Waals surface area contributed by atoms with Crippen molar-refractivity contribution in [1.29, 1.82) is 0 Å². The fourth-order valence-corrected chi connectivity index (χ4v) is 5.08. The summed E-state index contributed by atoms with van der Waals surface area (Å²) in [5.74, 6) is -0.737. The van der Waals surface area contributed by atoms with Gasteiger partial charge in [-0.05, 0) is 70.6 Å². The number of amides is 3.